The maximum Gasteiger partial charge on any atom is 0.257 e. The lowest BCUT2D eigenvalue weighted by Crippen LogP contribution is -1.97. The second-order valence-corrected chi connectivity index (χ2v) is 6.29. The van der Waals surface area contributed by atoms with E-state index >= 15 is 0 Å². The van der Waals surface area contributed by atoms with Crippen LogP contribution in [0.5, 0.6) is 5.75 Å². The third-order valence-corrected chi connectivity index (χ3v) is 4.05. The Bertz CT molecular complexity index is 728. The third-order valence-electron chi connectivity index (χ3n) is 2.44. The number of benzene rings is 1. The number of hydrogen-bond donors (Lipinski definition) is 0. The number of hydrogen-bond acceptors (Lipinski definition) is 5. The number of rotatable bonds is 4. The van der Waals surface area contributed by atoms with Gasteiger partial charge in [0, 0.05) is 0 Å². The first-order chi connectivity index (χ1) is 9.72. The molecule has 0 atom stereocenters. The summed E-state index contributed by atoms with van der Waals surface area (Å²) in [7, 11) is 0. The van der Waals surface area contributed by atoms with Gasteiger partial charge in [0.15, 0.2) is 18.2 Å². The van der Waals surface area contributed by atoms with Crippen molar-refractivity contribution in [3.63, 3.8) is 0 Å². The fourth-order valence-corrected chi connectivity index (χ4v) is 2.85. The van der Waals surface area contributed by atoms with Crippen molar-refractivity contribution in [1.82, 2.24) is 10.2 Å². The Morgan fingerprint density at radius 2 is 2.05 bits per heavy atom. The maximum absolute atomic E-state index is 13.4. The van der Waals surface area contributed by atoms with E-state index < -0.39 is 5.82 Å². The number of halogens is 2. The van der Waals surface area contributed by atoms with Crippen LogP contribution in [0.3, 0.4) is 0 Å². The number of thiophene rings is 1. The minimum absolute atomic E-state index is 0.0283. The van der Waals surface area contributed by atoms with Crippen molar-refractivity contribution >= 4 is 27.3 Å². The van der Waals surface area contributed by atoms with E-state index in [4.69, 9.17) is 9.15 Å². The number of aromatic nitrogens is 2. The summed E-state index contributed by atoms with van der Waals surface area (Å²) in [4.78, 5) is 0.863. The van der Waals surface area contributed by atoms with Crippen molar-refractivity contribution in [1.29, 1.82) is 0 Å². The highest BCUT2D eigenvalue weighted by atomic mass is 79.9. The van der Waals surface area contributed by atoms with Crippen LogP contribution < -0.4 is 4.74 Å². The van der Waals surface area contributed by atoms with Crippen LogP contribution in [0.2, 0.25) is 0 Å². The zero-order valence-electron chi connectivity index (χ0n) is 10.0. The Kier molecular flexibility index (Phi) is 3.79. The summed E-state index contributed by atoms with van der Waals surface area (Å²) in [5, 5.41) is 7.81. The molecule has 3 aromatic rings. The summed E-state index contributed by atoms with van der Waals surface area (Å²) in [5.41, 5.74) is 0. The Hall–Kier alpha value is -1.73. The average Bonchev–Trinajstić information content (AvgIpc) is 3.06. The standard InChI is InChI=1S/C13H8BrFN2O2S/c14-11-6-5-10(20-11)13-17-16-12(19-13)7-18-9-4-2-1-3-8(9)15/h1-6H,7H2. The van der Waals surface area contributed by atoms with Crippen LogP contribution in [-0.2, 0) is 6.61 Å². The lowest BCUT2D eigenvalue weighted by molar-refractivity contribution is 0.253. The summed E-state index contributed by atoms with van der Waals surface area (Å²) in [6, 6.07) is 9.95. The molecule has 4 nitrogen and oxygen atoms in total. The molecule has 0 amide bonds. The molecule has 3 rings (SSSR count). The molecular weight excluding hydrogens is 347 g/mol. The average molecular weight is 355 g/mol. The van der Waals surface area contributed by atoms with Crippen molar-refractivity contribution in [2.75, 3.05) is 0 Å². The normalized spacial score (nSPS) is 10.7. The Morgan fingerprint density at radius 1 is 1.20 bits per heavy atom. The van der Waals surface area contributed by atoms with E-state index in [1.807, 2.05) is 12.1 Å². The molecule has 0 aliphatic carbocycles. The maximum atomic E-state index is 13.4. The predicted molar refractivity (Wildman–Crippen MR) is 76.0 cm³/mol. The number of ether oxygens (including phenoxy) is 1. The highest BCUT2D eigenvalue weighted by Crippen LogP contribution is 2.30. The van der Waals surface area contributed by atoms with Crippen molar-refractivity contribution in [2.24, 2.45) is 0 Å². The quantitative estimate of drug-likeness (QED) is 0.701. The highest BCUT2D eigenvalue weighted by molar-refractivity contribution is 9.11. The van der Waals surface area contributed by atoms with Gasteiger partial charge in [0.2, 0.25) is 0 Å². The monoisotopic (exact) mass is 354 g/mol. The minimum Gasteiger partial charge on any atom is -0.481 e. The predicted octanol–water partition coefficient (Wildman–Crippen LogP) is 4.28. The van der Waals surface area contributed by atoms with E-state index in [1.54, 1.807) is 18.2 Å². The van der Waals surface area contributed by atoms with Gasteiger partial charge < -0.3 is 9.15 Å². The topological polar surface area (TPSA) is 48.2 Å². The highest BCUT2D eigenvalue weighted by Gasteiger charge is 2.11. The van der Waals surface area contributed by atoms with Crippen LogP contribution in [0.1, 0.15) is 5.89 Å². The molecule has 0 aliphatic heterocycles. The molecule has 0 aliphatic rings. The lowest BCUT2D eigenvalue weighted by atomic mass is 10.3. The van der Waals surface area contributed by atoms with Crippen LogP contribution in [0.25, 0.3) is 10.8 Å². The molecule has 0 fully saturated rings. The van der Waals surface area contributed by atoms with E-state index in [0.717, 1.165) is 8.66 Å². The van der Waals surface area contributed by atoms with Crippen LogP contribution >= 0.6 is 27.3 Å². The van der Waals surface area contributed by atoms with Gasteiger partial charge in [0.1, 0.15) is 0 Å². The van der Waals surface area contributed by atoms with Gasteiger partial charge in [0.05, 0.1) is 8.66 Å². The fraction of sp³-hybridized carbons (Fsp3) is 0.0769. The third kappa shape index (κ3) is 2.88. The van der Waals surface area contributed by atoms with Gasteiger partial charge in [-0.15, -0.1) is 21.5 Å². The van der Waals surface area contributed by atoms with Crippen LogP contribution in [0, 0.1) is 5.82 Å². The van der Waals surface area contributed by atoms with Gasteiger partial charge in [-0.1, -0.05) is 12.1 Å². The SMILES string of the molecule is Fc1ccccc1OCc1nnc(-c2ccc(Br)s2)o1. The molecule has 0 N–H and O–H groups in total. The Labute approximate surface area is 126 Å². The summed E-state index contributed by atoms with van der Waals surface area (Å²) in [6.45, 7) is 0.0283. The fourth-order valence-electron chi connectivity index (χ4n) is 1.54. The van der Waals surface area contributed by atoms with Crippen molar-refractivity contribution in [3.8, 4) is 16.5 Å². The molecule has 0 spiro atoms. The molecule has 7 heteroatoms. The van der Waals surface area contributed by atoms with Crippen LogP contribution in [-0.4, -0.2) is 10.2 Å². The van der Waals surface area contributed by atoms with Gasteiger partial charge in [-0.05, 0) is 40.2 Å². The molecule has 102 valence electrons. The van der Waals surface area contributed by atoms with Gasteiger partial charge >= 0.3 is 0 Å². The van der Waals surface area contributed by atoms with Crippen molar-refractivity contribution < 1.29 is 13.5 Å². The largest absolute Gasteiger partial charge is 0.481 e. The molecule has 1 aromatic carbocycles. The van der Waals surface area contributed by atoms with Gasteiger partial charge in [-0.3, -0.25) is 0 Å². The van der Waals surface area contributed by atoms with E-state index in [-0.39, 0.29) is 12.4 Å². The van der Waals surface area contributed by atoms with Crippen molar-refractivity contribution in [2.45, 2.75) is 6.61 Å². The smallest absolute Gasteiger partial charge is 0.257 e. The molecule has 2 heterocycles. The number of nitrogens with zero attached hydrogens (tertiary/aromatic N) is 2. The minimum atomic E-state index is -0.422. The van der Waals surface area contributed by atoms with E-state index in [9.17, 15) is 4.39 Å². The van der Waals surface area contributed by atoms with Crippen LogP contribution in [0.15, 0.2) is 44.6 Å². The van der Waals surface area contributed by atoms with E-state index in [1.165, 1.54) is 17.4 Å². The van der Waals surface area contributed by atoms with E-state index in [0.29, 0.717) is 11.8 Å². The summed E-state index contributed by atoms with van der Waals surface area (Å²) < 4.78 is 25.1. The molecule has 0 saturated heterocycles. The second kappa shape index (κ2) is 5.72. The van der Waals surface area contributed by atoms with E-state index in [2.05, 4.69) is 26.1 Å². The summed E-state index contributed by atoms with van der Waals surface area (Å²) in [5.74, 6) is 0.459. The Balaban J connectivity index is 1.70. The molecule has 20 heavy (non-hydrogen) atoms. The molecule has 0 radical (unpaired) electrons. The summed E-state index contributed by atoms with van der Waals surface area (Å²) in [6.07, 6.45) is 0. The van der Waals surface area contributed by atoms with Gasteiger partial charge in [-0.2, -0.15) is 0 Å². The lowest BCUT2D eigenvalue weighted by Gasteiger charge is -2.03. The molecular formula is C13H8BrFN2O2S. The molecule has 2 aromatic heterocycles. The first-order valence-electron chi connectivity index (χ1n) is 5.68. The zero-order chi connectivity index (χ0) is 13.9. The zero-order valence-corrected chi connectivity index (χ0v) is 12.4. The molecule has 0 bridgehead atoms. The molecule has 0 unspecified atom stereocenters. The van der Waals surface area contributed by atoms with Crippen molar-refractivity contribution in [3.05, 3.63) is 51.9 Å². The first kappa shape index (κ1) is 13.3. The Morgan fingerprint density at radius 3 is 2.80 bits per heavy atom. The molecule has 0 saturated carbocycles. The van der Waals surface area contributed by atoms with Crippen LogP contribution in [0.4, 0.5) is 4.39 Å². The van der Waals surface area contributed by atoms with Gasteiger partial charge in [-0.25, -0.2) is 4.39 Å². The second-order valence-electron chi connectivity index (χ2n) is 3.82. The summed E-state index contributed by atoms with van der Waals surface area (Å²) >= 11 is 4.86. The number of para-hydroxylation sites is 1. The first-order valence-corrected chi connectivity index (χ1v) is 7.29. The van der Waals surface area contributed by atoms with Gasteiger partial charge in [0.25, 0.3) is 11.8 Å².